The molecule has 0 bridgehead atoms. The van der Waals surface area contributed by atoms with Gasteiger partial charge in [0.25, 0.3) is 0 Å². The van der Waals surface area contributed by atoms with Gasteiger partial charge in [0, 0.05) is 11.6 Å². The number of unbranched alkanes of at least 4 members (excludes halogenated alkanes) is 1. The molecule has 0 fully saturated rings. The van der Waals surface area contributed by atoms with Gasteiger partial charge in [0.1, 0.15) is 12.4 Å². The molecule has 0 aliphatic carbocycles. The molecule has 3 nitrogen and oxygen atoms in total. The maximum Gasteiger partial charge on any atom is 0.125 e. The van der Waals surface area contributed by atoms with Crippen LogP contribution < -0.4 is 10.1 Å². The van der Waals surface area contributed by atoms with E-state index in [1.807, 2.05) is 24.3 Å². The summed E-state index contributed by atoms with van der Waals surface area (Å²) in [6, 6.07) is 7.98. The van der Waals surface area contributed by atoms with Crippen molar-refractivity contribution in [2.24, 2.45) is 0 Å². The highest BCUT2D eigenvalue weighted by Crippen LogP contribution is 2.30. The zero-order chi connectivity index (χ0) is 12.1. The second kappa shape index (κ2) is 6.03. The van der Waals surface area contributed by atoms with E-state index in [2.05, 4.69) is 12.2 Å². The average molecular weight is 235 g/mol. The van der Waals surface area contributed by atoms with Gasteiger partial charge in [-0.15, -0.1) is 0 Å². The van der Waals surface area contributed by atoms with E-state index in [0.717, 1.165) is 24.3 Å². The predicted octanol–water partition coefficient (Wildman–Crippen LogP) is 2.26. The number of hydrogen-bond acceptors (Lipinski definition) is 3. The van der Waals surface area contributed by atoms with Crippen LogP contribution in [0.3, 0.4) is 0 Å². The molecule has 1 heterocycles. The maximum atomic E-state index is 10.1. The minimum atomic E-state index is -0.423. The van der Waals surface area contributed by atoms with Gasteiger partial charge in [-0.2, -0.15) is 0 Å². The Kier molecular flexibility index (Phi) is 4.40. The first-order valence-corrected chi connectivity index (χ1v) is 6.44. The lowest BCUT2D eigenvalue weighted by molar-refractivity contribution is 0.151. The van der Waals surface area contributed by atoms with Crippen LogP contribution in [0.4, 0.5) is 0 Å². The van der Waals surface area contributed by atoms with Crippen LogP contribution in [0.5, 0.6) is 5.75 Å². The molecule has 94 valence electrons. The van der Waals surface area contributed by atoms with Gasteiger partial charge in [-0.25, -0.2) is 0 Å². The van der Waals surface area contributed by atoms with Crippen molar-refractivity contribution in [3.05, 3.63) is 29.8 Å². The van der Waals surface area contributed by atoms with Gasteiger partial charge in [0.2, 0.25) is 0 Å². The van der Waals surface area contributed by atoms with Crippen molar-refractivity contribution < 1.29 is 9.84 Å². The molecule has 0 radical (unpaired) electrons. The SMILES string of the molecule is CCCCN[C@@H]1COc2ccccc2[C@@H](O)C1. The Morgan fingerprint density at radius 2 is 2.24 bits per heavy atom. The van der Waals surface area contributed by atoms with Crippen molar-refractivity contribution in [3.63, 3.8) is 0 Å². The highest BCUT2D eigenvalue weighted by atomic mass is 16.5. The zero-order valence-electron chi connectivity index (χ0n) is 10.4. The van der Waals surface area contributed by atoms with Crippen LogP contribution in [-0.4, -0.2) is 24.3 Å². The topological polar surface area (TPSA) is 41.5 Å². The van der Waals surface area contributed by atoms with Crippen molar-refractivity contribution in [2.45, 2.75) is 38.3 Å². The van der Waals surface area contributed by atoms with Crippen molar-refractivity contribution in [2.75, 3.05) is 13.2 Å². The number of hydrogen-bond donors (Lipinski definition) is 2. The van der Waals surface area contributed by atoms with Gasteiger partial charge in [-0.05, 0) is 25.5 Å². The Balaban J connectivity index is 1.97. The molecule has 3 heteroatoms. The fourth-order valence-electron chi connectivity index (χ4n) is 2.17. The van der Waals surface area contributed by atoms with Crippen LogP contribution in [0.25, 0.3) is 0 Å². The second-order valence-electron chi connectivity index (χ2n) is 4.60. The molecule has 1 aliphatic rings. The highest BCUT2D eigenvalue weighted by molar-refractivity contribution is 5.35. The third-order valence-electron chi connectivity index (χ3n) is 3.19. The Bertz CT molecular complexity index is 354. The van der Waals surface area contributed by atoms with E-state index in [1.54, 1.807) is 0 Å². The molecule has 1 aromatic rings. The average Bonchev–Trinajstić information content (AvgIpc) is 2.50. The summed E-state index contributed by atoms with van der Waals surface area (Å²) in [7, 11) is 0. The second-order valence-corrected chi connectivity index (χ2v) is 4.60. The van der Waals surface area contributed by atoms with Gasteiger partial charge in [-0.3, -0.25) is 0 Å². The number of rotatable bonds is 4. The number of para-hydroxylation sites is 1. The fraction of sp³-hybridized carbons (Fsp3) is 0.571. The normalized spacial score (nSPS) is 23.6. The minimum Gasteiger partial charge on any atom is -0.492 e. The lowest BCUT2D eigenvalue weighted by Crippen LogP contribution is -2.35. The standard InChI is InChI=1S/C14H21NO2/c1-2-3-8-15-11-9-13(16)12-6-4-5-7-14(12)17-10-11/h4-7,11,13,15-16H,2-3,8-10H2,1H3/t11-,13-/m0/s1. The number of benzene rings is 1. The minimum absolute atomic E-state index is 0.240. The van der Waals surface area contributed by atoms with Gasteiger partial charge in [0.05, 0.1) is 6.10 Å². The van der Waals surface area contributed by atoms with Gasteiger partial charge in [0.15, 0.2) is 0 Å². The van der Waals surface area contributed by atoms with Gasteiger partial charge < -0.3 is 15.2 Å². The van der Waals surface area contributed by atoms with E-state index in [0.29, 0.717) is 6.61 Å². The van der Waals surface area contributed by atoms with Crippen LogP contribution in [-0.2, 0) is 0 Å². The summed E-state index contributed by atoms with van der Waals surface area (Å²) in [5.41, 5.74) is 0.910. The third kappa shape index (κ3) is 3.20. The summed E-state index contributed by atoms with van der Waals surface area (Å²) >= 11 is 0. The lowest BCUT2D eigenvalue weighted by atomic mass is 10.0. The molecule has 2 rings (SSSR count). The molecule has 0 saturated heterocycles. The largest absolute Gasteiger partial charge is 0.492 e. The third-order valence-corrected chi connectivity index (χ3v) is 3.19. The summed E-state index contributed by atoms with van der Waals surface area (Å²) in [6.07, 6.45) is 2.65. The van der Waals surface area contributed by atoms with Crippen molar-refractivity contribution in [1.82, 2.24) is 5.32 Å². The van der Waals surface area contributed by atoms with Crippen molar-refractivity contribution >= 4 is 0 Å². The molecular formula is C14H21NO2. The van der Waals surface area contributed by atoms with Crippen LogP contribution in [0, 0.1) is 0 Å². The molecule has 2 N–H and O–H groups in total. The van der Waals surface area contributed by atoms with E-state index >= 15 is 0 Å². The van der Waals surface area contributed by atoms with E-state index < -0.39 is 6.10 Å². The zero-order valence-corrected chi connectivity index (χ0v) is 10.4. The first-order chi connectivity index (χ1) is 8.31. The molecule has 0 amide bonds. The molecule has 0 aromatic heterocycles. The summed E-state index contributed by atoms with van der Waals surface area (Å²) in [5, 5.41) is 13.6. The number of ether oxygens (including phenoxy) is 1. The number of nitrogens with one attached hydrogen (secondary N) is 1. The van der Waals surface area contributed by atoms with Crippen LogP contribution in [0.15, 0.2) is 24.3 Å². The van der Waals surface area contributed by atoms with Crippen molar-refractivity contribution in [1.29, 1.82) is 0 Å². The summed E-state index contributed by atoms with van der Waals surface area (Å²) < 4.78 is 5.74. The monoisotopic (exact) mass is 235 g/mol. The van der Waals surface area contributed by atoms with Gasteiger partial charge >= 0.3 is 0 Å². The Morgan fingerprint density at radius 3 is 3.06 bits per heavy atom. The van der Waals surface area contributed by atoms with E-state index in [-0.39, 0.29) is 6.04 Å². The summed E-state index contributed by atoms with van der Waals surface area (Å²) in [5.74, 6) is 0.819. The first-order valence-electron chi connectivity index (χ1n) is 6.44. The molecule has 0 saturated carbocycles. The number of aliphatic hydroxyl groups excluding tert-OH is 1. The predicted molar refractivity (Wildman–Crippen MR) is 68.2 cm³/mol. The van der Waals surface area contributed by atoms with E-state index in [4.69, 9.17) is 4.74 Å². The Morgan fingerprint density at radius 1 is 1.41 bits per heavy atom. The van der Waals surface area contributed by atoms with Crippen LogP contribution >= 0.6 is 0 Å². The van der Waals surface area contributed by atoms with E-state index in [1.165, 1.54) is 12.8 Å². The molecule has 17 heavy (non-hydrogen) atoms. The van der Waals surface area contributed by atoms with Gasteiger partial charge in [-0.1, -0.05) is 31.5 Å². The maximum absolute atomic E-state index is 10.1. The molecule has 1 aromatic carbocycles. The quantitative estimate of drug-likeness (QED) is 0.787. The fourth-order valence-corrected chi connectivity index (χ4v) is 2.17. The van der Waals surface area contributed by atoms with E-state index in [9.17, 15) is 5.11 Å². The highest BCUT2D eigenvalue weighted by Gasteiger charge is 2.23. The molecule has 1 aliphatic heterocycles. The lowest BCUT2D eigenvalue weighted by Gasteiger charge is -2.17. The molecule has 2 atom stereocenters. The smallest absolute Gasteiger partial charge is 0.125 e. The Hall–Kier alpha value is -1.06. The summed E-state index contributed by atoms with van der Waals surface area (Å²) in [4.78, 5) is 0. The first kappa shape index (κ1) is 12.4. The Labute approximate surface area is 103 Å². The number of aliphatic hydroxyl groups is 1. The van der Waals surface area contributed by atoms with Crippen LogP contribution in [0.1, 0.15) is 37.9 Å². The summed E-state index contributed by atoms with van der Waals surface area (Å²) in [6.45, 7) is 3.81. The number of fused-ring (bicyclic) bond motifs is 1. The molecule has 0 spiro atoms. The van der Waals surface area contributed by atoms with Crippen LogP contribution in [0.2, 0.25) is 0 Å². The van der Waals surface area contributed by atoms with Crippen molar-refractivity contribution in [3.8, 4) is 5.75 Å². The molecule has 0 unspecified atom stereocenters. The molecular weight excluding hydrogens is 214 g/mol.